The van der Waals surface area contributed by atoms with Crippen molar-refractivity contribution in [1.82, 2.24) is 19.5 Å². The van der Waals surface area contributed by atoms with E-state index in [0.717, 1.165) is 22.6 Å². The van der Waals surface area contributed by atoms with Gasteiger partial charge in [0.05, 0.1) is 16.6 Å². The maximum absolute atomic E-state index is 12.3. The maximum Gasteiger partial charge on any atom is 0.258 e. The fourth-order valence-corrected chi connectivity index (χ4v) is 3.96. The van der Waals surface area contributed by atoms with E-state index in [9.17, 15) is 9.59 Å². The van der Waals surface area contributed by atoms with Crippen LogP contribution in [0.25, 0.3) is 22.2 Å². The minimum absolute atomic E-state index is 0.164. The van der Waals surface area contributed by atoms with Gasteiger partial charge in [-0.3, -0.25) is 9.59 Å². The highest BCUT2D eigenvalue weighted by atomic mass is 32.1. The number of benzene rings is 1. The predicted molar refractivity (Wildman–Crippen MR) is 115 cm³/mol. The second-order valence-corrected chi connectivity index (χ2v) is 7.82. The first-order valence-electron chi connectivity index (χ1n) is 9.29. The molecule has 148 valence electrons. The molecule has 0 unspecified atom stereocenters. The van der Waals surface area contributed by atoms with Crippen molar-refractivity contribution < 1.29 is 4.79 Å². The van der Waals surface area contributed by atoms with Crippen LogP contribution < -0.4 is 10.9 Å². The molecule has 0 aliphatic heterocycles. The number of nitrogens with zero attached hydrogens (tertiary/aromatic N) is 3. The van der Waals surface area contributed by atoms with E-state index in [2.05, 4.69) is 44.7 Å². The lowest BCUT2D eigenvalue weighted by atomic mass is 10.2. The Labute approximate surface area is 171 Å². The van der Waals surface area contributed by atoms with Gasteiger partial charge in [-0.1, -0.05) is 12.1 Å². The molecule has 29 heavy (non-hydrogen) atoms. The average molecular weight is 407 g/mol. The molecule has 0 radical (unpaired) electrons. The molecule has 0 aliphatic rings. The Morgan fingerprint density at radius 1 is 1.24 bits per heavy atom. The van der Waals surface area contributed by atoms with Crippen LogP contribution in [0.3, 0.4) is 0 Å². The van der Waals surface area contributed by atoms with Crippen LogP contribution in [0.1, 0.15) is 23.6 Å². The number of anilines is 1. The third-order valence-corrected chi connectivity index (χ3v) is 5.81. The minimum Gasteiger partial charge on any atom is -0.351 e. The Morgan fingerprint density at radius 3 is 2.79 bits per heavy atom. The number of rotatable bonds is 5. The molecule has 1 amide bonds. The predicted octanol–water partition coefficient (Wildman–Crippen LogP) is 3.57. The van der Waals surface area contributed by atoms with Gasteiger partial charge in [0.1, 0.15) is 5.82 Å². The number of carbonyl (C=O) groups is 1. The number of hydrogen-bond acceptors (Lipinski definition) is 5. The zero-order chi connectivity index (χ0) is 20.5. The highest BCUT2D eigenvalue weighted by Gasteiger charge is 2.13. The number of fused-ring (bicyclic) bond motifs is 1. The highest BCUT2D eigenvalue weighted by Crippen LogP contribution is 2.29. The van der Waals surface area contributed by atoms with E-state index < -0.39 is 0 Å². The van der Waals surface area contributed by atoms with Gasteiger partial charge in [-0.25, -0.2) is 9.97 Å². The molecular formula is C21H21N5O2S. The molecule has 0 spiro atoms. The van der Waals surface area contributed by atoms with Gasteiger partial charge in [0.25, 0.3) is 5.56 Å². The number of aromatic amines is 1. The standard InChI is InChI=1S/C21H21N5O2S/c1-12-10-15(13(2)26(12)3)17-11-29-21(23-17)25-19(27)9-8-18-22-16-7-5-4-6-14(16)20(28)24-18/h4-7,10-11H,8-9H2,1-3H3,(H,22,24,28)(H,23,25,27). The molecule has 0 bridgehead atoms. The van der Waals surface area contributed by atoms with Gasteiger partial charge in [0.15, 0.2) is 5.13 Å². The first kappa shape index (κ1) is 19.1. The van der Waals surface area contributed by atoms with Crippen molar-refractivity contribution in [2.24, 2.45) is 7.05 Å². The van der Waals surface area contributed by atoms with Crippen LogP contribution in [-0.2, 0) is 18.3 Å². The Kier molecular flexibility index (Phi) is 5.02. The van der Waals surface area contributed by atoms with E-state index in [4.69, 9.17) is 0 Å². The molecule has 2 N–H and O–H groups in total. The Morgan fingerprint density at radius 2 is 2.03 bits per heavy atom. The number of hydrogen-bond donors (Lipinski definition) is 2. The lowest BCUT2D eigenvalue weighted by Crippen LogP contribution is -2.16. The molecule has 1 aromatic carbocycles. The number of thiazole rings is 1. The van der Waals surface area contributed by atoms with Crippen molar-refractivity contribution in [1.29, 1.82) is 0 Å². The summed E-state index contributed by atoms with van der Waals surface area (Å²) in [6.45, 7) is 4.11. The smallest absolute Gasteiger partial charge is 0.258 e. The normalized spacial score (nSPS) is 11.1. The molecular weight excluding hydrogens is 386 g/mol. The number of nitrogens with one attached hydrogen (secondary N) is 2. The van der Waals surface area contributed by atoms with Gasteiger partial charge in [-0.2, -0.15) is 0 Å². The molecule has 0 saturated heterocycles. The number of aromatic nitrogens is 4. The molecule has 0 fully saturated rings. The van der Waals surface area contributed by atoms with E-state index in [1.165, 1.54) is 11.3 Å². The summed E-state index contributed by atoms with van der Waals surface area (Å²) in [5.74, 6) is 0.335. The summed E-state index contributed by atoms with van der Waals surface area (Å²) >= 11 is 1.40. The number of carbonyl (C=O) groups excluding carboxylic acids is 1. The van der Waals surface area contributed by atoms with E-state index in [1.807, 2.05) is 18.5 Å². The topological polar surface area (TPSA) is 92.7 Å². The Bertz CT molecular complexity index is 1270. The molecule has 0 atom stereocenters. The number of H-pyrrole nitrogens is 1. The van der Waals surface area contributed by atoms with Crippen LogP contribution in [-0.4, -0.2) is 25.4 Å². The largest absolute Gasteiger partial charge is 0.351 e. The number of aryl methyl sites for hydroxylation is 2. The first-order chi connectivity index (χ1) is 13.9. The van der Waals surface area contributed by atoms with Crippen LogP contribution in [0, 0.1) is 13.8 Å². The number of para-hydroxylation sites is 1. The van der Waals surface area contributed by atoms with E-state index in [0.29, 0.717) is 28.3 Å². The maximum atomic E-state index is 12.3. The summed E-state index contributed by atoms with van der Waals surface area (Å²) in [4.78, 5) is 36.2. The molecule has 3 heterocycles. The molecule has 8 heteroatoms. The zero-order valence-corrected chi connectivity index (χ0v) is 17.3. The molecule has 4 rings (SSSR count). The summed E-state index contributed by atoms with van der Waals surface area (Å²) in [6, 6.07) is 9.25. The van der Waals surface area contributed by atoms with Crippen LogP contribution in [0.4, 0.5) is 5.13 Å². The Balaban J connectivity index is 1.42. The molecule has 4 aromatic rings. The SMILES string of the molecule is Cc1cc(-c2csc(NC(=O)CCc3nc4ccccc4c(=O)[nH]3)n2)c(C)n1C. The molecule has 0 aliphatic carbocycles. The van der Waals surface area contributed by atoms with Gasteiger partial charge < -0.3 is 14.9 Å². The van der Waals surface area contributed by atoms with E-state index in [1.54, 1.807) is 18.2 Å². The summed E-state index contributed by atoms with van der Waals surface area (Å²) in [5, 5.41) is 5.89. The van der Waals surface area contributed by atoms with E-state index in [-0.39, 0.29) is 17.9 Å². The number of amides is 1. The average Bonchev–Trinajstić information content (AvgIpc) is 3.26. The van der Waals surface area contributed by atoms with Crippen LogP contribution >= 0.6 is 11.3 Å². The minimum atomic E-state index is -0.191. The first-order valence-corrected chi connectivity index (χ1v) is 10.2. The lowest BCUT2D eigenvalue weighted by molar-refractivity contribution is -0.116. The Hall–Kier alpha value is -3.26. The van der Waals surface area contributed by atoms with Crippen molar-refractivity contribution in [2.75, 3.05) is 5.32 Å². The molecule has 0 saturated carbocycles. The third-order valence-electron chi connectivity index (χ3n) is 5.05. The fourth-order valence-electron chi connectivity index (χ4n) is 3.24. The van der Waals surface area contributed by atoms with Gasteiger partial charge in [-0.05, 0) is 32.0 Å². The third kappa shape index (κ3) is 3.84. The van der Waals surface area contributed by atoms with Crippen molar-refractivity contribution in [3.8, 4) is 11.3 Å². The summed E-state index contributed by atoms with van der Waals surface area (Å²) < 4.78 is 2.12. The van der Waals surface area contributed by atoms with E-state index >= 15 is 0 Å². The fraction of sp³-hybridized carbons (Fsp3) is 0.238. The lowest BCUT2D eigenvalue weighted by Gasteiger charge is -2.03. The van der Waals surface area contributed by atoms with Crippen LogP contribution in [0.5, 0.6) is 0 Å². The van der Waals surface area contributed by atoms with Gasteiger partial charge >= 0.3 is 0 Å². The summed E-state index contributed by atoms with van der Waals surface area (Å²) in [5.41, 5.74) is 4.66. The zero-order valence-electron chi connectivity index (χ0n) is 16.4. The quantitative estimate of drug-likeness (QED) is 0.529. The van der Waals surface area contributed by atoms with Crippen LogP contribution in [0.2, 0.25) is 0 Å². The monoisotopic (exact) mass is 407 g/mol. The van der Waals surface area contributed by atoms with Crippen LogP contribution in [0.15, 0.2) is 40.5 Å². The summed E-state index contributed by atoms with van der Waals surface area (Å²) in [6.07, 6.45) is 0.556. The molecule has 7 nitrogen and oxygen atoms in total. The summed E-state index contributed by atoms with van der Waals surface area (Å²) in [7, 11) is 2.02. The van der Waals surface area contributed by atoms with Crippen molar-refractivity contribution in [3.63, 3.8) is 0 Å². The molecule has 3 aromatic heterocycles. The van der Waals surface area contributed by atoms with Crippen molar-refractivity contribution in [2.45, 2.75) is 26.7 Å². The van der Waals surface area contributed by atoms with Gasteiger partial charge in [0, 0.05) is 42.2 Å². The van der Waals surface area contributed by atoms with Gasteiger partial charge in [-0.15, -0.1) is 11.3 Å². The van der Waals surface area contributed by atoms with Gasteiger partial charge in [0.2, 0.25) is 5.91 Å². The second-order valence-electron chi connectivity index (χ2n) is 6.96. The van der Waals surface area contributed by atoms with Crippen molar-refractivity contribution in [3.05, 3.63) is 63.3 Å². The second kappa shape index (κ2) is 7.63. The van der Waals surface area contributed by atoms with Crippen molar-refractivity contribution >= 4 is 33.3 Å². The highest BCUT2D eigenvalue weighted by molar-refractivity contribution is 7.14.